The molecule has 2 aliphatic rings. The summed E-state index contributed by atoms with van der Waals surface area (Å²) in [4.78, 5) is 2.36. The van der Waals surface area contributed by atoms with Crippen molar-refractivity contribution in [1.29, 1.82) is 0 Å². The van der Waals surface area contributed by atoms with Gasteiger partial charge in [0.1, 0.15) is 0 Å². The Kier molecular flexibility index (Phi) is 4.64. The van der Waals surface area contributed by atoms with E-state index in [0.717, 1.165) is 32.5 Å². The molecule has 2 saturated heterocycles. The molecule has 5 nitrogen and oxygen atoms in total. The first-order chi connectivity index (χ1) is 8.59. The maximum atomic E-state index is 12.4. The summed E-state index contributed by atoms with van der Waals surface area (Å²) in [5.74, 6) is 0. The van der Waals surface area contributed by atoms with Crippen LogP contribution in [0.1, 0.15) is 26.7 Å². The van der Waals surface area contributed by atoms with Gasteiger partial charge in [0.25, 0.3) is 0 Å². The molecule has 1 N–H and O–H groups in total. The van der Waals surface area contributed by atoms with Gasteiger partial charge in [-0.15, -0.1) is 0 Å². The van der Waals surface area contributed by atoms with E-state index in [4.69, 9.17) is 0 Å². The average Bonchev–Trinajstić information content (AvgIpc) is 3.02. The van der Waals surface area contributed by atoms with Gasteiger partial charge < -0.3 is 5.32 Å². The Bertz CT molecular complexity index is 362. The molecule has 2 fully saturated rings. The van der Waals surface area contributed by atoms with E-state index in [9.17, 15) is 8.42 Å². The molecule has 106 valence electrons. The Hall–Kier alpha value is -0.170. The van der Waals surface area contributed by atoms with Crippen LogP contribution in [0.2, 0.25) is 0 Å². The highest BCUT2D eigenvalue weighted by Crippen LogP contribution is 2.23. The topological polar surface area (TPSA) is 52.7 Å². The number of sulfonamides is 1. The molecule has 0 aromatic carbocycles. The van der Waals surface area contributed by atoms with Crippen LogP contribution in [0.5, 0.6) is 0 Å². The van der Waals surface area contributed by atoms with Gasteiger partial charge in [-0.05, 0) is 32.5 Å². The lowest BCUT2D eigenvalue weighted by Crippen LogP contribution is -2.42. The molecule has 0 aromatic heterocycles. The Morgan fingerprint density at radius 3 is 2.56 bits per heavy atom. The fraction of sp³-hybridized carbons (Fsp3) is 1.00. The summed E-state index contributed by atoms with van der Waals surface area (Å²) in [6.07, 6.45) is 1.73. The van der Waals surface area contributed by atoms with Crippen LogP contribution >= 0.6 is 0 Å². The van der Waals surface area contributed by atoms with E-state index in [1.165, 1.54) is 0 Å². The second-order valence-corrected chi connectivity index (χ2v) is 7.39. The fourth-order valence-corrected chi connectivity index (χ4v) is 4.98. The minimum absolute atomic E-state index is 0.201. The molecular weight excluding hydrogens is 250 g/mol. The van der Waals surface area contributed by atoms with Crippen molar-refractivity contribution in [3.8, 4) is 0 Å². The van der Waals surface area contributed by atoms with Gasteiger partial charge in [-0.1, -0.05) is 13.8 Å². The predicted octanol–water partition coefficient (Wildman–Crippen LogP) is 0.0942. The van der Waals surface area contributed by atoms with Crippen molar-refractivity contribution >= 4 is 10.0 Å². The molecular formula is C12H25N3O2S. The maximum Gasteiger partial charge on any atom is 0.218 e. The second kappa shape index (κ2) is 5.86. The highest BCUT2D eigenvalue weighted by Gasteiger charge is 2.39. The number of nitrogens with zero attached hydrogens (tertiary/aromatic N) is 2. The van der Waals surface area contributed by atoms with Crippen LogP contribution in [0.15, 0.2) is 0 Å². The fourth-order valence-electron chi connectivity index (χ4n) is 3.07. The molecule has 2 heterocycles. The lowest BCUT2D eigenvalue weighted by molar-refractivity contribution is 0.224. The second-order valence-electron chi connectivity index (χ2n) is 5.18. The maximum absolute atomic E-state index is 12.4. The van der Waals surface area contributed by atoms with Crippen LogP contribution in [-0.2, 0) is 10.0 Å². The minimum atomic E-state index is -3.08. The van der Waals surface area contributed by atoms with E-state index in [-0.39, 0.29) is 5.25 Å². The van der Waals surface area contributed by atoms with Crippen molar-refractivity contribution in [2.24, 2.45) is 0 Å². The quantitative estimate of drug-likeness (QED) is 0.773. The van der Waals surface area contributed by atoms with Gasteiger partial charge in [0.15, 0.2) is 0 Å². The van der Waals surface area contributed by atoms with Crippen LogP contribution in [0.4, 0.5) is 0 Å². The van der Waals surface area contributed by atoms with Crippen LogP contribution in [0, 0.1) is 0 Å². The van der Waals surface area contributed by atoms with E-state index in [0.29, 0.717) is 25.7 Å². The lowest BCUT2D eigenvalue weighted by atomic mass is 10.2. The SMILES string of the molecule is CCN(CC)C1CCN(S(=O)(=O)C2CCNC2)C1. The van der Waals surface area contributed by atoms with Crippen molar-refractivity contribution in [1.82, 2.24) is 14.5 Å². The molecule has 0 spiro atoms. The molecule has 0 saturated carbocycles. The number of hydrogen-bond acceptors (Lipinski definition) is 4. The van der Waals surface area contributed by atoms with Gasteiger partial charge in [0.05, 0.1) is 5.25 Å². The van der Waals surface area contributed by atoms with Crippen LogP contribution in [0.25, 0.3) is 0 Å². The summed E-state index contributed by atoms with van der Waals surface area (Å²) in [6.45, 7) is 9.11. The van der Waals surface area contributed by atoms with E-state index in [1.54, 1.807) is 4.31 Å². The summed E-state index contributed by atoms with van der Waals surface area (Å²) in [7, 11) is -3.08. The third-order valence-electron chi connectivity index (χ3n) is 4.25. The summed E-state index contributed by atoms with van der Waals surface area (Å²) in [6, 6.07) is 0.407. The third-order valence-corrected chi connectivity index (χ3v) is 6.55. The summed E-state index contributed by atoms with van der Waals surface area (Å²) >= 11 is 0. The minimum Gasteiger partial charge on any atom is -0.315 e. The van der Waals surface area contributed by atoms with Crippen LogP contribution in [0.3, 0.4) is 0 Å². The summed E-state index contributed by atoms with van der Waals surface area (Å²) < 4.78 is 26.6. The lowest BCUT2D eigenvalue weighted by Gasteiger charge is -2.26. The molecule has 2 unspecified atom stereocenters. The Balaban J connectivity index is 1.99. The summed E-state index contributed by atoms with van der Waals surface area (Å²) in [5, 5.41) is 2.94. The predicted molar refractivity (Wildman–Crippen MR) is 73.1 cm³/mol. The zero-order valence-electron chi connectivity index (χ0n) is 11.4. The van der Waals surface area contributed by atoms with E-state index in [1.807, 2.05) is 0 Å². The Labute approximate surface area is 111 Å². The first-order valence-electron chi connectivity index (χ1n) is 7.03. The van der Waals surface area contributed by atoms with Crippen LogP contribution < -0.4 is 5.32 Å². The number of rotatable bonds is 5. The normalized spacial score (nSPS) is 30.4. The molecule has 0 radical (unpaired) electrons. The molecule has 0 aromatic rings. The number of nitrogens with one attached hydrogen (secondary N) is 1. The van der Waals surface area contributed by atoms with E-state index in [2.05, 4.69) is 24.1 Å². The van der Waals surface area contributed by atoms with Crippen molar-refractivity contribution in [2.75, 3.05) is 39.3 Å². The first-order valence-corrected chi connectivity index (χ1v) is 8.53. The average molecular weight is 275 g/mol. The van der Waals surface area contributed by atoms with Crippen molar-refractivity contribution in [3.63, 3.8) is 0 Å². The zero-order chi connectivity index (χ0) is 13.2. The van der Waals surface area contributed by atoms with Gasteiger partial charge in [0.2, 0.25) is 10.0 Å². The smallest absolute Gasteiger partial charge is 0.218 e. The molecule has 6 heteroatoms. The zero-order valence-corrected chi connectivity index (χ0v) is 12.2. The molecule has 18 heavy (non-hydrogen) atoms. The van der Waals surface area contributed by atoms with Gasteiger partial charge in [-0.3, -0.25) is 4.90 Å². The number of likely N-dealkylation sites (N-methyl/N-ethyl adjacent to an activating group) is 1. The van der Waals surface area contributed by atoms with E-state index < -0.39 is 10.0 Å². The highest BCUT2D eigenvalue weighted by atomic mass is 32.2. The largest absolute Gasteiger partial charge is 0.315 e. The molecule has 2 rings (SSSR count). The van der Waals surface area contributed by atoms with Gasteiger partial charge in [0, 0.05) is 25.7 Å². The van der Waals surface area contributed by atoms with Gasteiger partial charge in [-0.2, -0.15) is 0 Å². The van der Waals surface area contributed by atoms with Crippen molar-refractivity contribution in [3.05, 3.63) is 0 Å². The monoisotopic (exact) mass is 275 g/mol. The molecule has 0 amide bonds. The third kappa shape index (κ3) is 2.71. The first kappa shape index (κ1) is 14.2. The Morgan fingerprint density at radius 1 is 1.28 bits per heavy atom. The Morgan fingerprint density at radius 2 is 2.00 bits per heavy atom. The van der Waals surface area contributed by atoms with Crippen molar-refractivity contribution < 1.29 is 8.42 Å². The molecule has 0 aliphatic carbocycles. The highest BCUT2D eigenvalue weighted by molar-refractivity contribution is 7.89. The number of hydrogen-bond donors (Lipinski definition) is 1. The van der Waals surface area contributed by atoms with Gasteiger partial charge in [-0.25, -0.2) is 12.7 Å². The molecule has 2 aliphatic heterocycles. The standard InChI is InChI=1S/C12H25N3O2S/c1-3-14(4-2)11-6-8-15(10-11)18(16,17)12-5-7-13-9-12/h11-13H,3-10H2,1-2H3. The molecule has 2 atom stereocenters. The van der Waals surface area contributed by atoms with Gasteiger partial charge >= 0.3 is 0 Å². The van der Waals surface area contributed by atoms with Crippen LogP contribution in [-0.4, -0.2) is 68.2 Å². The summed E-state index contributed by atoms with van der Waals surface area (Å²) in [5.41, 5.74) is 0. The molecule has 0 bridgehead atoms. The van der Waals surface area contributed by atoms with E-state index >= 15 is 0 Å². The van der Waals surface area contributed by atoms with Crippen molar-refractivity contribution in [2.45, 2.75) is 38.0 Å².